The Morgan fingerprint density at radius 1 is 1.15 bits per heavy atom. The summed E-state index contributed by atoms with van der Waals surface area (Å²) >= 11 is 9.30. The van der Waals surface area contributed by atoms with E-state index >= 15 is 0 Å². The Morgan fingerprint density at radius 2 is 1.97 bits per heavy atom. The van der Waals surface area contributed by atoms with Crippen LogP contribution in [0.15, 0.2) is 42.5 Å². The number of halogens is 1. The largest absolute Gasteiger partial charge is 0.312 e. The van der Waals surface area contributed by atoms with Crippen LogP contribution in [0.3, 0.4) is 0 Å². The Balaban J connectivity index is 1.25. The van der Waals surface area contributed by atoms with E-state index in [0.29, 0.717) is 15.0 Å². The van der Waals surface area contributed by atoms with Gasteiger partial charge in [-0.15, -0.1) is 22.7 Å². The van der Waals surface area contributed by atoms with E-state index in [1.54, 1.807) is 0 Å². The maximum absolute atomic E-state index is 12.9. The van der Waals surface area contributed by atoms with Gasteiger partial charge in [-0.3, -0.25) is 14.9 Å². The van der Waals surface area contributed by atoms with E-state index in [1.807, 2.05) is 48.2 Å². The molecule has 0 saturated heterocycles. The van der Waals surface area contributed by atoms with Crippen LogP contribution >= 0.6 is 34.3 Å². The summed E-state index contributed by atoms with van der Waals surface area (Å²) in [6.45, 7) is 2.76. The number of thiazole rings is 1. The van der Waals surface area contributed by atoms with Gasteiger partial charge in [0.15, 0.2) is 5.13 Å². The van der Waals surface area contributed by atoms with Crippen molar-refractivity contribution in [3.63, 3.8) is 0 Å². The van der Waals surface area contributed by atoms with Crippen molar-refractivity contribution in [2.45, 2.75) is 26.2 Å². The minimum absolute atomic E-state index is 0.219. The van der Waals surface area contributed by atoms with Gasteiger partial charge in [0.1, 0.15) is 4.88 Å². The maximum Gasteiger partial charge on any atom is 0.269 e. The van der Waals surface area contributed by atoms with E-state index in [9.17, 15) is 9.59 Å². The summed E-state index contributed by atoms with van der Waals surface area (Å²) in [5, 5.41) is 4.84. The summed E-state index contributed by atoms with van der Waals surface area (Å²) in [4.78, 5) is 33.6. The second-order valence-electron chi connectivity index (χ2n) is 8.48. The molecule has 8 heteroatoms. The number of thiophene rings is 1. The Hall–Kier alpha value is -2.74. The molecule has 0 atom stereocenters. The van der Waals surface area contributed by atoms with Crippen LogP contribution in [0, 0.1) is 12.8 Å². The normalized spacial score (nSPS) is 15.2. The minimum Gasteiger partial charge on any atom is -0.312 e. The Morgan fingerprint density at radius 3 is 2.76 bits per heavy atom. The molecule has 2 aromatic heterocycles. The number of benzene rings is 2. The lowest BCUT2D eigenvalue weighted by Gasteiger charge is -2.17. The number of fused-ring (bicyclic) bond motifs is 2. The third-order valence-electron chi connectivity index (χ3n) is 6.20. The molecule has 0 unspecified atom stereocenters. The van der Waals surface area contributed by atoms with E-state index < -0.39 is 0 Å². The van der Waals surface area contributed by atoms with Crippen LogP contribution in [-0.4, -0.2) is 23.3 Å². The molecular formula is C25H20ClN3O2S2. The summed E-state index contributed by atoms with van der Waals surface area (Å²) < 4.78 is 0.982. The lowest BCUT2D eigenvalue weighted by Crippen LogP contribution is -2.30. The fourth-order valence-electron chi connectivity index (χ4n) is 4.36. The Bertz CT molecular complexity index is 1440. The summed E-state index contributed by atoms with van der Waals surface area (Å²) in [6, 6.07) is 13.9. The van der Waals surface area contributed by atoms with Crippen molar-refractivity contribution in [1.29, 1.82) is 0 Å². The number of aromatic nitrogens is 1. The van der Waals surface area contributed by atoms with Crippen molar-refractivity contribution >= 4 is 67.0 Å². The highest BCUT2D eigenvalue weighted by Gasteiger charge is 2.36. The zero-order valence-electron chi connectivity index (χ0n) is 17.9. The molecule has 166 valence electrons. The molecule has 0 spiro atoms. The van der Waals surface area contributed by atoms with Crippen molar-refractivity contribution in [2.75, 3.05) is 16.8 Å². The van der Waals surface area contributed by atoms with E-state index in [-0.39, 0.29) is 17.7 Å². The molecule has 2 aromatic carbocycles. The molecule has 0 radical (unpaired) electrons. The number of anilines is 2. The smallest absolute Gasteiger partial charge is 0.269 e. The molecule has 2 aliphatic rings. The third kappa shape index (κ3) is 3.64. The molecular weight excluding hydrogens is 474 g/mol. The van der Waals surface area contributed by atoms with Gasteiger partial charge in [-0.1, -0.05) is 35.9 Å². The predicted molar refractivity (Wildman–Crippen MR) is 136 cm³/mol. The number of carbonyl (C=O) groups excluding carboxylic acids is 2. The fraction of sp³-hybridized carbons (Fsp3) is 0.240. The maximum atomic E-state index is 12.9. The Labute approximate surface area is 204 Å². The van der Waals surface area contributed by atoms with Gasteiger partial charge in [-0.2, -0.15) is 0 Å². The molecule has 1 aliphatic heterocycles. The van der Waals surface area contributed by atoms with E-state index in [4.69, 9.17) is 16.6 Å². The van der Waals surface area contributed by atoms with Crippen LogP contribution < -0.4 is 10.2 Å². The van der Waals surface area contributed by atoms with Gasteiger partial charge in [0, 0.05) is 38.7 Å². The highest BCUT2D eigenvalue weighted by atomic mass is 35.5. The molecule has 3 heterocycles. The van der Waals surface area contributed by atoms with Crippen LogP contribution in [-0.2, 0) is 11.2 Å². The second-order valence-corrected chi connectivity index (χ2v) is 11.1. The van der Waals surface area contributed by atoms with Gasteiger partial charge < -0.3 is 4.90 Å². The molecule has 2 amide bonds. The first-order valence-corrected chi connectivity index (χ1v) is 12.9. The predicted octanol–water partition coefficient (Wildman–Crippen LogP) is 6.54. The first-order valence-electron chi connectivity index (χ1n) is 10.9. The number of nitrogens with zero attached hydrogens (tertiary/aromatic N) is 2. The number of carbonyl (C=O) groups is 2. The lowest BCUT2D eigenvalue weighted by molar-refractivity contribution is -0.119. The van der Waals surface area contributed by atoms with Crippen molar-refractivity contribution in [3.05, 3.63) is 62.8 Å². The molecule has 4 aromatic rings. The van der Waals surface area contributed by atoms with Gasteiger partial charge in [0.25, 0.3) is 5.91 Å². The molecule has 1 N–H and O–H groups in total. The summed E-state index contributed by atoms with van der Waals surface area (Å²) in [6.07, 6.45) is 2.89. The number of hydrogen-bond acceptors (Lipinski definition) is 5. The average molecular weight is 494 g/mol. The standard InChI is InChI=1S/C25H20ClN3O2S2/c1-13-21(16-8-9-18-15(12-16)10-11-29(18)24(31)14-6-7-14)27-25(32-13)28-23(30)22-20(26)17-4-2-3-5-19(17)33-22/h2-5,8-9,12,14H,6-7,10-11H2,1H3,(H,27,28,30). The Kier molecular flexibility index (Phi) is 5.01. The van der Waals surface area contributed by atoms with Gasteiger partial charge in [0.05, 0.1) is 10.7 Å². The van der Waals surface area contributed by atoms with Crippen molar-refractivity contribution in [2.24, 2.45) is 5.92 Å². The topological polar surface area (TPSA) is 62.3 Å². The molecule has 6 rings (SSSR count). The van der Waals surface area contributed by atoms with E-state index in [1.165, 1.54) is 28.2 Å². The van der Waals surface area contributed by atoms with Crippen molar-refractivity contribution in [3.8, 4) is 11.3 Å². The zero-order chi connectivity index (χ0) is 22.7. The lowest BCUT2D eigenvalue weighted by atomic mass is 10.1. The van der Waals surface area contributed by atoms with Crippen LogP contribution in [0.1, 0.15) is 33.0 Å². The van der Waals surface area contributed by atoms with Crippen molar-refractivity contribution < 1.29 is 9.59 Å². The monoisotopic (exact) mass is 493 g/mol. The van der Waals surface area contributed by atoms with Gasteiger partial charge >= 0.3 is 0 Å². The summed E-state index contributed by atoms with van der Waals surface area (Å²) in [5.41, 5.74) is 4.06. The van der Waals surface area contributed by atoms with E-state index in [0.717, 1.165) is 57.7 Å². The van der Waals surface area contributed by atoms with Gasteiger partial charge in [-0.25, -0.2) is 4.98 Å². The highest BCUT2D eigenvalue weighted by molar-refractivity contribution is 7.22. The number of rotatable bonds is 4. The second kappa shape index (κ2) is 7.94. The van der Waals surface area contributed by atoms with Gasteiger partial charge in [0.2, 0.25) is 5.91 Å². The molecule has 1 fully saturated rings. The fourth-order valence-corrected chi connectivity index (χ4v) is 6.60. The van der Waals surface area contributed by atoms with Gasteiger partial charge in [-0.05, 0) is 49.9 Å². The van der Waals surface area contributed by atoms with E-state index in [2.05, 4.69) is 11.4 Å². The van der Waals surface area contributed by atoms with Crippen LogP contribution in [0.4, 0.5) is 10.8 Å². The number of aryl methyl sites for hydroxylation is 1. The average Bonchev–Trinajstić information content (AvgIpc) is 3.36. The number of amides is 2. The molecule has 1 aliphatic carbocycles. The summed E-state index contributed by atoms with van der Waals surface area (Å²) in [5.74, 6) is 0.234. The molecule has 0 bridgehead atoms. The first kappa shape index (κ1) is 20.8. The first-order chi connectivity index (χ1) is 16.0. The van der Waals surface area contributed by atoms with Crippen LogP contribution in [0.2, 0.25) is 5.02 Å². The SMILES string of the molecule is Cc1sc(NC(=O)c2sc3ccccc3c2Cl)nc1-c1ccc2c(c1)CCN2C(=O)C1CC1. The van der Waals surface area contributed by atoms with Crippen LogP contribution in [0.25, 0.3) is 21.3 Å². The number of hydrogen-bond donors (Lipinski definition) is 1. The van der Waals surface area contributed by atoms with Crippen LogP contribution in [0.5, 0.6) is 0 Å². The number of nitrogens with one attached hydrogen (secondary N) is 1. The quantitative estimate of drug-likeness (QED) is 0.351. The highest BCUT2D eigenvalue weighted by Crippen LogP contribution is 2.40. The molecule has 33 heavy (non-hydrogen) atoms. The molecule has 5 nitrogen and oxygen atoms in total. The molecule has 1 saturated carbocycles. The minimum atomic E-state index is -0.246. The summed E-state index contributed by atoms with van der Waals surface area (Å²) in [7, 11) is 0. The zero-order valence-corrected chi connectivity index (χ0v) is 20.2. The van der Waals surface area contributed by atoms with Crippen molar-refractivity contribution in [1.82, 2.24) is 4.98 Å². The third-order valence-corrected chi connectivity index (χ3v) is 8.76.